The first kappa shape index (κ1) is 15.7. The molecule has 1 unspecified atom stereocenters. The van der Waals surface area contributed by atoms with E-state index >= 15 is 0 Å². The molecule has 1 atom stereocenters. The number of thioether (sulfide) groups is 1. The fourth-order valence-electron chi connectivity index (χ4n) is 1.96. The molecule has 3 heterocycles. The number of aromatic amines is 1. The zero-order valence-corrected chi connectivity index (χ0v) is 14.4. The predicted octanol–water partition coefficient (Wildman–Crippen LogP) is 4.75. The Bertz CT molecular complexity index is 831. The molecule has 114 valence electrons. The van der Waals surface area contributed by atoms with Crippen molar-refractivity contribution in [2.24, 2.45) is 0 Å². The van der Waals surface area contributed by atoms with E-state index < -0.39 is 0 Å². The number of fused-ring (bicyclic) bond motifs is 1. The molecular weight excluding hydrogens is 365 g/mol. The number of pyridine rings is 1. The number of anilines is 1. The molecule has 0 fully saturated rings. The number of halogens is 3. The molecular formula is C13H10Cl3N5S. The number of nitrogens with one attached hydrogen (secondary N) is 1. The molecule has 0 amide bonds. The lowest BCUT2D eigenvalue weighted by atomic mass is 10.2. The Kier molecular flexibility index (Phi) is 4.36. The van der Waals surface area contributed by atoms with Crippen LogP contribution in [-0.4, -0.2) is 19.9 Å². The number of nitrogen functional groups attached to an aromatic ring is 1. The largest absolute Gasteiger partial charge is 0.384 e. The van der Waals surface area contributed by atoms with Gasteiger partial charge in [0.25, 0.3) is 0 Å². The summed E-state index contributed by atoms with van der Waals surface area (Å²) in [5, 5.41) is 2.54. The van der Waals surface area contributed by atoms with Gasteiger partial charge in [-0.25, -0.2) is 15.0 Å². The van der Waals surface area contributed by atoms with Gasteiger partial charge in [0.1, 0.15) is 11.0 Å². The van der Waals surface area contributed by atoms with Crippen molar-refractivity contribution in [2.75, 3.05) is 5.73 Å². The van der Waals surface area contributed by atoms with Crippen LogP contribution in [0, 0.1) is 0 Å². The molecule has 0 saturated carbocycles. The van der Waals surface area contributed by atoms with Gasteiger partial charge >= 0.3 is 0 Å². The maximum atomic E-state index is 6.19. The van der Waals surface area contributed by atoms with E-state index in [0.717, 1.165) is 16.6 Å². The smallest absolute Gasteiger partial charge is 0.191 e. The number of nitrogens with two attached hydrogens (primary N) is 1. The maximum Gasteiger partial charge on any atom is 0.191 e. The molecule has 0 spiro atoms. The highest BCUT2D eigenvalue weighted by atomic mass is 35.5. The van der Waals surface area contributed by atoms with E-state index in [1.807, 2.05) is 13.0 Å². The molecule has 22 heavy (non-hydrogen) atoms. The van der Waals surface area contributed by atoms with Crippen LogP contribution in [-0.2, 0) is 0 Å². The normalized spacial score (nSPS) is 12.7. The van der Waals surface area contributed by atoms with Gasteiger partial charge in [0, 0.05) is 17.6 Å². The van der Waals surface area contributed by atoms with Crippen molar-refractivity contribution in [3.63, 3.8) is 0 Å². The molecule has 5 nitrogen and oxygen atoms in total. The van der Waals surface area contributed by atoms with Crippen LogP contribution in [0.5, 0.6) is 0 Å². The zero-order valence-electron chi connectivity index (χ0n) is 11.3. The minimum absolute atomic E-state index is 0.0502. The van der Waals surface area contributed by atoms with Crippen molar-refractivity contribution in [2.45, 2.75) is 17.3 Å². The second-order valence-electron chi connectivity index (χ2n) is 4.56. The monoisotopic (exact) mass is 373 g/mol. The van der Waals surface area contributed by atoms with Crippen molar-refractivity contribution >= 4 is 63.3 Å². The third-order valence-electron chi connectivity index (χ3n) is 2.99. The Morgan fingerprint density at radius 2 is 1.95 bits per heavy atom. The van der Waals surface area contributed by atoms with Crippen LogP contribution < -0.4 is 5.73 Å². The maximum absolute atomic E-state index is 6.19. The van der Waals surface area contributed by atoms with Gasteiger partial charge in [-0.05, 0) is 13.0 Å². The first-order chi connectivity index (χ1) is 10.4. The molecule has 0 aliphatic carbocycles. The number of aromatic nitrogens is 4. The van der Waals surface area contributed by atoms with E-state index in [1.54, 1.807) is 6.20 Å². The molecule has 9 heteroatoms. The summed E-state index contributed by atoms with van der Waals surface area (Å²) in [6, 6.07) is 3.39. The third kappa shape index (κ3) is 3.10. The Morgan fingerprint density at radius 1 is 1.18 bits per heavy atom. The average Bonchev–Trinajstić information content (AvgIpc) is 2.80. The summed E-state index contributed by atoms with van der Waals surface area (Å²) in [4.78, 5) is 15.7. The molecule has 3 aromatic rings. The highest BCUT2D eigenvalue weighted by Crippen LogP contribution is 2.36. The van der Waals surface area contributed by atoms with Gasteiger partial charge < -0.3 is 10.7 Å². The van der Waals surface area contributed by atoms with E-state index in [2.05, 4.69) is 19.9 Å². The van der Waals surface area contributed by atoms with Gasteiger partial charge in [0.15, 0.2) is 10.3 Å². The lowest BCUT2D eigenvalue weighted by molar-refractivity contribution is 0.947. The van der Waals surface area contributed by atoms with Crippen molar-refractivity contribution in [1.82, 2.24) is 19.9 Å². The summed E-state index contributed by atoms with van der Waals surface area (Å²) in [5.74, 6) is 0.324. The van der Waals surface area contributed by atoms with Gasteiger partial charge in [0.05, 0.1) is 21.5 Å². The summed E-state index contributed by atoms with van der Waals surface area (Å²) in [6.45, 7) is 1.97. The molecule has 0 aromatic carbocycles. The number of hydrogen-bond acceptors (Lipinski definition) is 5. The molecule has 0 radical (unpaired) electrons. The van der Waals surface area contributed by atoms with Crippen LogP contribution in [0.4, 0.5) is 5.82 Å². The SMILES string of the molecule is CC(Sc1nc(N)cc(Cl)n1)c1cc2c(Cl)c[nH]c2c(Cl)n1. The lowest BCUT2D eigenvalue weighted by Gasteiger charge is -2.11. The number of rotatable bonds is 3. The van der Waals surface area contributed by atoms with E-state index in [0.29, 0.717) is 26.3 Å². The summed E-state index contributed by atoms with van der Waals surface area (Å²) >= 11 is 19.6. The summed E-state index contributed by atoms with van der Waals surface area (Å²) in [6.07, 6.45) is 1.68. The molecule has 0 aliphatic rings. The average molecular weight is 375 g/mol. The van der Waals surface area contributed by atoms with Crippen LogP contribution in [0.2, 0.25) is 15.3 Å². The van der Waals surface area contributed by atoms with Crippen molar-refractivity contribution in [1.29, 1.82) is 0 Å². The molecule has 0 bridgehead atoms. The fraction of sp³-hybridized carbons (Fsp3) is 0.154. The first-order valence-corrected chi connectivity index (χ1v) is 8.25. The van der Waals surface area contributed by atoms with Crippen LogP contribution in [0.25, 0.3) is 10.9 Å². The van der Waals surface area contributed by atoms with Crippen LogP contribution in [0.3, 0.4) is 0 Å². The predicted molar refractivity (Wildman–Crippen MR) is 91.8 cm³/mol. The van der Waals surface area contributed by atoms with Crippen LogP contribution in [0.15, 0.2) is 23.5 Å². The summed E-state index contributed by atoms with van der Waals surface area (Å²) < 4.78 is 0. The van der Waals surface area contributed by atoms with Crippen molar-refractivity contribution < 1.29 is 0 Å². The molecule has 3 rings (SSSR count). The first-order valence-electron chi connectivity index (χ1n) is 6.24. The zero-order chi connectivity index (χ0) is 15.9. The highest BCUT2D eigenvalue weighted by molar-refractivity contribution is 7.99. The van der Waals surface area contributed by atoms with Crippen molar-refractivity contribution in [3.8, 4) is 0 Å². The van der Waals surface area contributed by atoms with Gasteiger partial charge in [-0.15, -0.1) is 0 Å². The number of H-pyrrole nitrogens is 1. The van der Waals surface area contributed by atoms with Gasteiger partial charge in [0.2, 0.25) is 0 Å². The molecule has 0 aliphatic heterocycles. The second kappa shape index (κ2) is 6.12. The molecule has 0 saturated heterocycles. The second-order valence-corrected chi connectivity index (χ2v) is 7.02. The fourth-order valence-corrected chi connectivity index (χ4v) is 3.53. The Balaban J connectivity index is 1.94. The number of nitrogens with zero attached hydrogens (tertiary/aromatic N) is 3. The van der Waals surface area contributed by atoms with Gasteiger partial charge in [-0.2, -0.15) is 0 Å². The van der Waals surface area contributed by atoms with Crippen LogP contribution in [0.1, 0.15) is 17.9 Å². The van der Waals surface area contributed by atoms with Gasteiger partial charge in [-0.3, -0.25) is 0 Å². The molecule has 3 N–H and O–H groups in total. The van der Waals surface area contributed by atoms with E-state index in [4.69, 9.17) is 40.5 Å². The number of hydrogen-bond donors (Lipinski definition) is 2. The summed E-state index contributed by atoms with van der Waals surface area (Å²) in [5.41, 5.74) is 7.16. The van der Waals surface area contributed by atoms with E-state index in [9.17, 15) is 0 Å². The Morgan fingerprint density at radius 3 is 2.68 bits per heavy atom. The Labute approximate surface area is 145 Å². The topological polar surface area (TPSA) is 80.5 Å². The van der Waals surface area contributed by atoms with Gasteiger partial charge in [-0.1, -0.05) is 46.6 Å². The minimum Gasteiger partial charge on any atom is -0.384 e. The standard InChI is InChI=1S/C13H10Cl3N5S/c1-5(22-13-20-9(15)3-10(17)21-13)8-2-6-7(14)4-18-11(6)12(16)19-8/h2-5,18H,1H3,(H2,17,20,21). The highest BCUT2D eigenvalue weighted by Gasteiger charge is 2.16. The lowest BCUT2D eigenvalue weighted by Crippen LogP contribution is -1.98. The van der Waals surface area contributed by atoms with E-state index in [-0.39, 0.29) is 5.25 Å². The minimum atomic E-state index is -0.0502. The van der Waals surface area contributed by atoms with Crippen LogP contribution >= 0.6 is 46.6 Å². The van der Waals surface area contributed by atoms with Crippen molar-refractivity contribution in [3.05, 3.63) is 39.4 Å². The Hall–Kier alpha value is -1.21. The third-order valence-corrected chi connectivity index (χ3v) is 4.76. The van der Waals surface area contributed by atoms with E-state index in [1.165, 1.54) is 17.8 Å². The molecule has 3 aromatic heterocycles. The quantitative estimate of drug-likeness (QED) is 0.299. The summed E-state index contributed by atoms with van der Waals surface area (Å²) in [7, 11) is 0.